The molecule has 0 amide bonds. The Balaban J connectivity index is 2.14. The molecule has 0 aliphatic heterocycles. The Labute approximate surface area is 91.3 Å². The fourth-order valence-corrected chi connectivity index (χ4v) is 1.46. The number of hydrogen-bond acceptors (Lipinski definition) is 3. The van der Waals surface area contributed by atoms with E-state index in [1.54, 1.807) is 4.68 Å². The second-order valence-corrected chi connectivity index (χ2v) is 3.72. The standard InChI is InChI=1S/C11H21N3O/c1-2-3-4-5-12-8-11-9-13-14(10-11)6-7-15/h9-10,12,15H,2-8H2,1H3. The van der Waals surface area contributed by atoms with Crippen LogP contribution in [0.3, 0.4) is 0 Å². The SMILES string of the molecule is CCCCCNCc1cnn(CCO)c1. The van der Waals surface area contributed by atoms with Crippen molar-refractivity contribution in [2.45, 2.75) is 39.3 Å². The zero-order chi connectivity index (χ0) is 10.9. The highest BCUT2D eigenvalue weighted by molar-refractivity contribution is 5.03. The molecule has 0 saturated carbocycles. The van der Waals surface area contributed by atoms with Gasteiger partial charge in [0.15, 0.2) is 0 Å². The molecule has 1 aromatic heterocycles. The normalized spacial score (nSPS) is 10.8. The average Bonchev–Trinajstić information content (AvgIpc) is 2.66. The van der Waals surface area contributed by atoms with Crippen molar-refractivity contribution in [3.05, 3.63) is 18.0 Å². The van der Waals surface area contributed by atoms with Gasteiger partial charge in [0, 0.05) is 18.3 Å². The third kappa shape index (κ3) is 4.95. The average molecular weight is 211 g/mol. The van der Waals surface area contributed by atoms with Crippen LogP contribution in [0, 0.1) is 0 Å². The van der Waals surface area contributed by atoms with Gasteiger partial charge in [-0.05, 0) is 13.0 Å². The van der Waals surface area contributed by atoms with E-state index in [1.165, 1.54) is 24.8 Å². The number of unbranched alkanes of at least 4 members (excludes halogenated alkanes) is 2. The molecule has 86 valence electrons. The van der Waals surface area contributed by atoms with E-state index >= 15 is 0 Å². The summed E-state index contributed by atoms with van der Waals surface area (Å²) in [7, 11) is 0. The molecule has 0 fully saturated rings. The predicted molar refractivity (Wildman–Crippen MR) is 60.5 cm³/mol. The van der Waals surface area contributed by atoms with Gasteiger partial charge in [-0.3, -0.25) is 4.68 Å². The minimum Gasteiger partial charge on any atom is -0.394 e. The van der Waals surface area contributed by atoms with E-state index in [0.29, 0.717) is 6.54 Å². The Bertz CT molecular complexity index is 260. The number of nitrogens with one attached hydrogen (secondary N) is 1. The van der Waals surface area contributed by atoms with Crippen molar-refractivity contribution in [2.24, 2.45) is 0 Å². The van der Waals surface area contributed by atoms with E-state index in [1.807, 2.05) is 12.4 Å². The van der Waals surface area contributed by atoms with E-state index in [2.05, 4.69) is 17.3 Å². The van der Waals surface area contributed by atoms with Crippen LogP contribution in [0.1, 0.15) is 31.7 Å². The number of aliphatic hydroxyl groups is 1. The Morgan fingerprint density at radius 1 is 1.47 bits per heavy atom. The molecule has 0 radical (unpaired) electrons. The van der Waals surface area contributed by atoms with E-state index < -0.39 is 0 Å². The highest BCUT2D eigenvalue weighted by atomic mass is 16.3. The van der Waals surface area contributed by atoms with Gasteiger partial charge in [0.1, 0.15) is 0 Å². The van der Waals surface area contributed by atoms with Crippen molar-refractivity contribution in [2.75, 3.05) is 13.2 Å². The zero-order valence-corrected chi connectivity index (χ0v) is 9.45. The molecule has 1 aromatic rings. The number of nitrogens with zero attached hydrogens (tertiary/aromatic N) is 2. The second kappa shape index (κ2) is 7.43. The van der Waals surface area contributed by atoms with Crippen LogP contribution in [-0.4, -0.2) is 28.0 Å². The quantitative estimate of drug-likeness (QED) is 0.634. The molecular formula is C11H21N3O. The molecule has 0 aliphatic carbocycles. The second-order valence-electron chi connectivity index (χ2n) is 3.72. The van der Waals surface area contributed by atoms with E-state index in [-0.39, 0.29) is 6.61 Å². The number of aliphatic hydroxyl groups excluding tert-OH is 1. The van der Waals surface area contributed by atoms with Crippen molar-refractivity contribution in [1.82, 2.24) is 15.1 Å². The Morgan fingerprint density at radius 2 is 2.33 bits per heavy atom. The summed E-state index contributed by atoms with van der Waals surface area (Å²) in [5.74, 6) is 0. The van der Waals surface area contributed by atoms with Crippen molar-refractivity contribution in [3.8, 4) is 0 Å². The summed E-state index contributed by atoms with van der Waals surface area (Å²) >= 11 is 0. The maximum atomic E-state index is 8.73. The fourth-order valence-electron chi connectivity index (χ4n) is 1.46. The van der Waals surface area contributed by atoms with Crippen LogP contribution in [0.25, 0.3) is 0 Å². The van der Waals surface area contributed by atoms with Crippen molar-refractivity contribution in [3.63, 3.8) is 0 Å². The summed E-state index contributed by atoms with van der Waals surface area (Å²) in [6, 6.07) is 0. The highest BCUT2D eigenvalue weighted by Gasteiger charge is 1.97. The molecule has 0 bridgehead atoms. The summed E-state index contributed by atoms with van der Waals surface area (Å²) in [5, 5.41) is 16.2. The van der Waals surface area contributed by atoms with Crippen LogP contribution < -0.4 is 5.32 Å². The van der Waals surface area contributed by atoms with E-state index in [4.69, 9.17) is 5.11 Å². The molecule has 1 heterocycles. The van der Waals surface area contributed by atoms with Crippen LogP contribution in [0.15, 0.2) is 12.4 Å². The first kappa shape index (κ1) is 12.2. The maximum absolute atomic E-state index is 8.73. The molecule has 0 aromatic carbocycles. The molecule has 0 unspecified atom stereocenters. The summed E-state index contributed by atoms with van der Waals surface area (Å²) < 4.78 is 1.77. The first-order valence-corrected chi connectivity index (χ1v) is 5.69. The summed E-state index contributed by atoms with van der Waals surface area (Å²) in [6.45, 7) is 4.87. The first-order chi connectivity index (χ1) is 7.36. The Morgan fingerprint density at radius 3 is 3.07 bits per heavy atom. The Hall–Kier alpha value is -0.870. The van der Waals surface area contributed by atoms with E-state index in [0.717, 1.165) is 13.1 Å². The molecule has 4 heteroatoms. The molecule has 0 spiro atoms. The number of hydrogen-bond donors (Lipinski definition) is 2. The largest absolute Gasteiger partial charge is 0.394 e. The summed E-state index contributed by atoms with van der Waals surface area (Å²) in [5.41, 5.74) is 1.18. The topological polar surface area (TPSA) is 50.1 Å². The fraction of sp³-hybridized carbons (Fsp3) is 0.727. The van der Waals surface area contributed by atoms with Crippen LogP contribution in [0.4, 0.5) is 0 Å². The van der Waals surface area contributed by atoms with Gasteiger partial charge < -0.3 is 10.4 Å². The van der Waals surface area contributed by atoms with Gasteiger partial charge in [0.2, 0.25) is 0 Å². The third-order valence-electron chi connectivity index (χ3n) is 2.30. The van der Waals surface area contributed by atoms with Gasteiger partial charge in [-0.25, -0.2) is 0 Å². The molecule has 0 aliphatic rings. The van der Waals surface area contributed by atoms with Crippen LogP contribution in [0.2, 0.25) is 0 Å². The summed E-state index contributed by atoms with van der Waals surface area (Å²) in [6.07, 6.45) is 7.61. The van der Waals surface area contributed by atoms with Gasteiger partial charge in [-0.2, -0.15) is 5.10 Å². The lowest BCUT2D eigenvalue weighted by molar-refractivity contribution is 0.269. The lowest BCUT2D eigenvalue weighted by Gasteiger charge is -2.01. The zero-order valence-electron chi connectivity index (χ0n) is 9.45. The van der Waals surface area contributed by atoms with Gasteiger partial charge in [0.05, 0.1) is 19.3 Å². The molecule has 1 rings (SSSR count). The number of aromatic nitrogens is 2. The molecule has 2 N–H and O–H groups in total. The minimum atomic E-state index is 0.144. The van der Waals surface area contributed by atoms with Gasteiger partial charge in [-0.1, -0.05) is 19.8 Å². The van der Waals surface area contributed by atoms with E-state index in [9.17, 15) is 0 Å². The Kier molecular flexibility index (Phi) is 6.04. The lowest BCUT2D eigenvalue weighted by atomic mass is 10.2. The maximum Gasteiger partial charge on any atom is 0.0640 e. The van der Waals surface area contributed by atoms with Gasteiger partial charge in [-0.15, -0.1) is 0 Å². The predicted octanol–water partition coefficient (Wildman–Crippen LogP) is 1.16. The monoisotopic (exact) mass is 211 g/mol. The van der Waals surface area contributed by atoms with Crippen molar-refractivity contribution >= 4 is 0 Å². The highest BCUT2D eigenvalue weighted by Crippen LogP contribution is 1.97. The van der Waals surface area contributed by atoms with Crippen LogP contribution in [0.5, 0.6) is 0 Å². The third-order valence-corrected chi connectivity index (χ3v) is 2.30. The molecular weight excluding hydrogens is 190 g/mol. The minimum absolute atomic E-state index is 0.144. The van der Waals surface area contributed by atoms with Crippen molar-refractivity contribution in [1.29, 1.82) is 0 Å². The molecule has 0 atom stereocenters. The molecule has 0 saturated heterocycles. The van der Waals surface area contributed by atoms with Gasteiger partial charge in [0.25, 0.3) is 0 Å². The van der Waals surface area contributed by atoms with Gasteiger partial charge >= 0.3 is 0 Å². The summed E-state index contributed by atoms with van der Waals surface area (Å²) in [4.78, 5) is 0. The lowest BCUT2D eigenvalue weighted by Crippen LogP contribution is -2.14. The molecule has 4 nitrogen and oxygen atoms in total. The van der Waals surface area contributed by atoms with Crippen LogP contribution >= 0.6 is 0 Å². The molecule has 15 heavy (non-hydrogen) atoms. The smallest absolute Gasteiger partial charge is 0.0640 e. The first-order valence-electron chi connectivity index (χ1n) is 5.69. The van der Waals surface area contributed by atoms with Crippen LogP contribution in [-0.2, 0) is 13.1 Å². The van der Waals surface area contributed by atoms with Crippen molar-refractivity contribution < 1.29 is 5.11 Å². The number of rotatable bonds is 8.